The zero-order valence-corrected chi connectivity index (χ0v) is 23.9. The maximum absolute atomic E-state index is 14.1. The molecule has 1 aromatic heterocycles. The number of aromatic nitrogens is 2. The van der Waals surface area contributed by atoms with Crippen LogP contribution in [0.2, 0.25) is 5.02 Å². The van der Waals surface area contributed by atoms with Crippen LogP contribution in [0.4, 0.5) is 38.9 Å². The predicted molar refractivity (Wildman–Crippen MR) is 154 cm³/mol. The highest BCUT2D eigenvalue weighted by Gasteiger charge is 2.23. The van der Waals surface area contributed by atoms with E-state index in [0.29, 0.717) is 34.2 Å². The molecule has 0 spiro atoms. The summed E-state index contributed by atoms with van der Waals surface area (Å²) >= 11 is 6.00. The second kappa shape index (κ2) is 12.5. The Morgan fingerprint density at radius 2 is 1.82 bits per heavy atom. The first-order chi connectivity index (χ1) is 18.3. The minimum Gasteiger partial charge on any atom is -0.494 e. The van der Waals surface area contributed by atoms with Crippen molar-refractivity contribution in [3.05, 3.63) is 52.9 Å². The van der Waals surface area contributed by atoms with Gasteiger partial charge in [-0.2, -0.15) is 4.98 Å². The van der Waals surface area contributed by atoms with E-state index in [9.17, 15) is 14.3 Å². The molecule has 12 heteroatoms. The van der Waals surface area contributed by atoms with Gasteiger partial charge in [-0.1, -0.05) is 11.6 Å². The van der Waals surface area contributed by atoms with Crippen LogP contribution >= 0.6 is 11.6 Å². The van der Waals surface area contributed by atoms with Crippen molar-refractivity contribution in [2.45, 2.75) is 26.4 Å². The van der Waals surface area contributed by atoms with Crippen LogP contribution in [-0.4, -0.2) is 67.2 Å². The average molecular weight is 560 g/mol. The molecule has 3 aromatic rings. The van der Waals surface area contributed by atoms with E-state index in [2.05, 4.69) is 30.8 Å². The van der Waals surface area contributed by atoms with Crippen molar-refractivity contribution in [1.29, 1.82) is 0 Å². The number of likely N-dealkylation sites (N-methyl/N-ethyl adjacent to an activating group) is 2. The number of anilines is 6. The molecule has 1 heterocycles. The molecule has 39 heavy (non-hydrogen) atoms. The SMILES string of the molecule is COc1cc(N(C)CCN(C)C)c(NC(C)=O)cc1Nc1nccc(Nc2cc(Cl)c(F)cc2C(C)(C)O)n1. The first kappa shape index (κ1) is 29.9. The maximum atomic E-state index is 14.1. The van der Waals surface area contributed by atoms with Crippen molar-refractivity contribution < 1.29 is 19.0 Å². The van der Waals surface area contributed by atoms with Gasteiger partial charge in [0.15, 0.2) is 0 Å². The Morgan fingerprint density at radius 3 is 2.44 bits per heavy atom. The third-order valence-corrected chi connectivity index (χ3v) is 6.10. The van der Waals surface area contributed by atoms with Crippen LogP contribution in [0.25, 0.3) is 0 Å². The smallest absolute Gasteiger partial charge is 0.229 e. The maximum Gasteiger partial charge on any atom is 0.229 e. The van der Waals surface area contributed by atoms with Gasteiger partial charge < -0.3 is 35.6 Å². The standard InChI is InChI=1S/C27H35ClFN7O3/c1-16(37)31-21-14-22(24(39-7)15-23(21)36(6)11-10-35(4)5)33-26-30-9-8-25(34-26)32-20-13-18(28)19(29)12-17(20)27(2,3)38/h8-9,12-15,38H,10-11H2,1-7H3,(H,31,37)(H2,30,32,33,34). The van der Waals surface area contributed by atoms with Gasteiger partial charge in [0.05, 0.1) is 34.8 Å². The lowest BCUT2D eigenvalue weighted by Crippen LogP contribution is -2.29. The number of ether oxygens (including phenoxy) is 1. The third-order valence-electron chi connectivity index (χ3n) is 5.81. The number of benzene rings is 2. The van der Waals surface area contributed by atoms with E-state index in [-0.39, 0.29) is 16.9 Å². The van der Waals surface area contributed by atoms with Crippen molar-refractivity contribution >= 4 is 52.0 Å². The van der Waals surface area contributed by atoms with Gasteiger partial charge in [0.2, 0.25) is 11.9 Å². The second-order valence-corrected chi connectivity index (χ2v) is 10.3. The Kier molecular flexibility index (Phi) is 9.54. The molecule has 0 aliphatic rings. The fourth-order valence-electron chi connectivity index (χ4n) is 3.82. The van der Waals surface area contributed by atoms with Gasteiger partial charge in [0, 0.05) is 50.6 Å². The van der Waals surface area contributed by atoms with Gasteiger partial charge >= 0.3 is 0 Å². The van der Waals surface area contributed by atoms with E-state index in [4.69, 9.17) is 16.3 Å². The first-order valence-corrected chi connectivity index (χ1v) is 12.6. The number of rotatable bonds is 11. The normalized spacial score (nSPS) is 11.4. The molecule has 3 rings (SSSR count). The molecule has 0 atom stereocenters. The van der Waals surface area contributed by atoms with E-state index in [1.54, 1.807) is 33.1 Å². The molecule has 1 amide bonds. The van der Waals surface area contributed by atoms with Crippen LogP contribution in [0.15, 0.2) is 36.5 Å². The summed E-state index contributed by atoms with van der Waals surface area (Å²) in [6.45, 7) is 6.10. The Hall–Kier alpha value is -3.67. The number of aliphatic hydroxyl groups is 1. The highest BCUT2D eigenvalue weighted by molar-refractivity contribution is 6.31. The molecule has 0 fully saturated rings. The molecule has 0 saturated carbocycles. The number of methoxy groups -OCH3 is 1. The van der Waals surface area contributed by atoms with Crippen molar-refractivity contribution in [3.63, 3.8) is 0 Å². The summed E-state index contributed by atoms with van der Waals surface area (Å²) < 4.78 is 19.8. The zero-order chi connectivity index (χ0) is 28.9. The number of hydrogen-bond donors (Lipinski definition) is 4. The van der Waals surface area contributed by atoms with E-state index in [1.165, 1.54) is 25.3 Å². The van der Waals surface area contributed by atoms with Gasteiger partial charge in [0.1, 0.15) is 17.4 Å². The highest BCUT2D eigenvalue weighted by atomic mass is 35.5. The third kappa shape index (κ3) is 7.92. The Morgan fingerprint density at radius 1 is 1.10 bits per heavy atom. The monoisotopic (exact) mass is 559 g/mol. The van der Waals surface area contributed by atoms with Crippen LogP contribution in [0.3, 0.4) is 0 Å². The lowest BCUT2D eigenvalue weighted by molar-refractivity contribution is -0.114. The van der Waals surface area contributed by atoms with Crippen molar-refractivity contribution in [2.24, 2.45) is 0 Å². The average Bonchev–Trinajstić information content (AvgIpc) is 2.84. The van der Waals surface area contributed by atoms with E-state index < -0.39 is 11.4 Å². The van der Waals surface area contributed by atoms with E-state index in [0.717, 1.165) is 18.8 Å². The lowest BCUT2D eigenvalue weighted by atomic mass is 9.96. The lowest BCUT2D eigenvalue weighted by Gasteiger charge is -2.26. The summed E-state index contributed by atoms with van der Waals surface area (Å²) in [5.74, 6) is 0.284. The quantitative estimate of drug-likeness (QED) is 0.259. The second-order valence-electron chi connectivity index (χ2n) is 9.86. The van der Waals surface area contributed by atoms with Gasteiger partial charge in [0.25, 0.3) is 0 Å². The van der Waals surface area contributed by atoms with Crippen molar-refractivity contribution in [3.8, 4) is 5.75 Å². The minimum atomic E-state index is -1.34. The number of carbonyl (C=O) groups is 1. The summed E-state index contributed by atoms with van der Waals surface area (Å²) in [7, 11) is 7.49. The number of hydrogen-bond acceptors (Lipinski definition) is 9. The molecule has 4 N–H and O–H groups in total. The summed E-state index contributed by atoms with van der Waals surface area (Å²) in [5, 5.41) is 19.6. The number of amides is 1. The zero-order valence-electron chi connectivity index (χ0n) is 23.2. The molecule has 0 aliphatic heterocycles. The number of carbonyl (C=O) groups excluding carboxylic acids is 1. The highest BCUT2D eigenvalue weighted by Crippen LogP contribution is 2.38. The number of halogens is 2. The summed E-state index contributed by atoms with van der Waals surface area (Å²) in [5.41, 5.74) is 1.29. The first-order valence-electron chi connectivity index (χ1n) is 12.2. The van der Waals surface area contributed by atoms with Crippen molar-refractivity contribution in [2.75, 3.05) is 62.2 Å². The minimum absolute atomic E-state index is 0.0937. The van der Waals surface area contributed by atoms with E-state index >= 15 is 0 Å². The van der Waals surface area contributed by atoms with Crippen LogP contribution < -0.4 is 25.6 Å². The van der Waals surface area contributed by atoms with Gasteiger partial charge in [-0.25, -0.2) is 9.37 Å². The Bertz CT molecular complexity index is 1330. The molecule has 0 saturated heterocycles. The molecular weight excluding hydrogens is 525 g/mol. The van der Waals surface area contributed by atoms with Crippen molar-refractivity contribution in [1.82, 2.24) is 14.9 Å². The van der Waals surface area contributed by atoms with Crippen LogP contribution in [0, 0.1) is 5.82 Å². The van der Waals surface area contributed by atoms with Gasteiger partial charge in [-0.05, 0) is 52.2 Å². The van der Waals surface area contributed by atoms with Crippen LogP contribution in [-0.2, 0) is 10.4 Å². The summed E-state index contributed by atoms with van der Waals surface area (Å²) in [6, 6.07) is 7.81. The fourth-order valence-corrected chi connectivity index (χ4v) is 3.98. The molecule has 0 unspecified atom stereocenters. The molecule has 10 nitrogen and oxygen atoms in total. The molecule has 210 valence electrons. The molecule has 0 bridgehead atoms. The largest absolute Gasteiger partial charge is 0.494 e. The Balaban J connectivity index is 1.95. The van der Waals surface area contributed by atoms with Gasteiger partial charge in [-0.3, -0.25) is 4.79 Å². The Labute approximate surface area is 233 Å². The fraction of sp³-hybridized carbons (Fsp3) is 0.370. The van der Waals surface area contributed by atoms with Gasteiger partial charge in [-0.15, -0.1) is 0 Å². The summed E-state index contributed by atoms with van der Waals surface area (Å²) in [6.07, 6.45) is 1.54. The molecular formula is C27H35ClFN7O3. The number of nitrogens with zero attached hydrogens (tertiary/aromatic N) is 4. The molecule has 0 aliphatic carbocycles. The van der Waals surface area contributed by atoms with E-state index in [1.807, 2.05) is 32.1 Å². The molecule has 2 aromatic carbocycles. The predicted octanol–water partition coefficient (Wildman–Crippen LogP) is 4.95. The number of nitrogens with one attached hydrogen (secondary N) is 3. The van der Waals surface area contributed by atoms with Crippen LogP contribution in [0.1, 0.15) is 26.3 Å². The summed E-state index contributed by atoms with van der Waals surface area (Å²) in [4.78, 5) is 24.9. The molecule has 0 radical (unpaired) electrons. The van der Waals surface area contributed by atoms with Crippen LogP contribution in [0.5, 0.6) is 5.75 Å². The topological polar surface area (TPSA) is 115 Å².